The van der Waals surface area contributed by atoms with Gasteiger partial charge in [-0.3, -0.25) is 4.79 Å². The lowest BCUT2D eigenvalue weighted by molar-refractivity contribution is -0.165. The van der Waals surface area contributed by atoms with Gasteiger partial charge in [-0.1, -0.05) is 12.1 Å². The number of carbonyl (C=O) groups excluding carboxylic acids is 1. The summed E-state index contributed by atoms with van der Waals surface area (Å²) in [7, 11) is 0. The van der Waals surface area contributed by atoms with Crippen LogP contribution in [0.1, 0.15) is 19.3 Å². The van der Waals surface area contributed by atoms with E-state index in [9.17, 15) is 14.7 Å². The molecule has 1 saturated heterocycles. The second-order valence-corrected chi connectivity index (χ2v) is 7.24. The number of rotatable bonds is 5. The number of thioether (sulfide) groups is 1. The van der Waals surface area contributed by atoms with Gasteiger partial charge in [0.05, 0.1) is 0 Å². The van der Waals surface area contributed by atoms with E-state index < -0.39 is 11.6 Å². The highest BCUT2D eigenvalue weighted by Gasteiger charge is 2.40. The van der Waals surface area contributed by atoms with Crippen LogP contribution in [-0.4, -0.2) is 51.4 Å². The molecule has 2 N–H and O–H groups in total. The first-order valence-corrected chi connectivity index (χ1v) is 8.81. The number of hydrogen-bond donors (Lipinski definition) is 2. The van der Waals surface area contributed by atoms with E-state index in [1.807, 2.05) is 24.3 Å². The van der Waals surface area contributed by atoms with Crippen molar-refractivity contribution in [2.45, 2.75) is 29.8 Å². The third kappa shape index (κ3) is 4.24. The SMILES string of the molecule is O=C(CCSc1ccccc1Br)N1CCC(O)(C(=O)O)CC1. The van der Waals surface area contributed by atoms with Crippen molar-refractivity contribution in [2.75, 3.05) is 18.8 Å². The molecule has 120 valence electrons. The van der Waals surface area contributed by atoms with Gasteiger partial charge in [0.15, 0.2) is 5.60 Å². The largest absolute Gasteiger partial charge is 0.479 e. The molecule has 1 aromatic rings. The summed E-state index contributed by atoms with van der Waals surface area (Å²) in [5.74, 6) is -0.530. The van der Waals surface area contributed by atoms with Crippen LogP contribution in [-0.2, 0) is 9.59 Å². The van der Waals surface area contributed by atoms with Crippen LogP contribution in [0.5, 0.6) is 0 Å². The summed E-state index contributed by atoms with van der Waals surface area (Å²) in [4.78, 5) is 25.8. The van der Waals surface area contributed by atoms with Crippen molar-refractivity contribution >= 4 is 39.6 Å². The minimum absolute atomic E-state index is 0.00647. The van der Waals surface area contributed by atoms with Crippen LogP contribution in [0.15, 0.2) is 33.6 Å². The molecule has 1 heterocycles. The molecule has 1 aliphatic heterocycles. The van der Waals surface area contributed by atoms with Gasteiger partial charge in [0, 0.05) is 47.5 Å². The van der Waals surface area contributed by atoms with Crippen LogP contribution in [0.3, 0.4) is 0 Å². The Balaban J connectivity index is 1.77. The second kappa shape index (κ2) is 7.48. The fraction of sp³-hybridized carbons (Fsp3) is 0.467. The summed E-state index contributed by atoms with van der Waals surface area (Å²) in [5.41, 5.74) is -1.68. The van der Waals surface area contributed by atoms with Crippen molar-refractivity contribution < 1.29 is 19.8 Å². The molecule has 0 radical (unpaired) electrons. The molecule has 2 rings (SSSR count). The molecule has 7 heteroatoms. The summed E-state index contributed by atoms with van der Waals surface area (Å²) in [6.45, 7) is 0.586. The molecule has 0 atom stereocenters. The maximum Gasteiger partial charge on any atom is 0.335 e. The van der Waals surface area contributed by atoms with Crippen LogP contribution in [0.2, 0.25) is 0 Å². The van der Waals surface area contributed by atoms with E-state index in [0.29, 0.717) is 25.3 Å². The summed E-state index contributed by atoms with van der Waals surface area (Å²) in [5, 5.41) is 18.8. The number of carboxylic acids is 1. The third-order valence-electron chi connectivity index (χ3n) is 3.75. The maximum atomic E-state index is 12.1. The number of benzene rings is 1. The first kappa shape index (κ1) is 17.3. The number of aliphatic carboxylic acids is 1. The standard InChI is InChI=1S/C15H18BrNO4S/c16-11-3-1-2-4-12(11)22-10-5-13(18)17-8-6-15(21,7-9-17)14(19)20/h1-4,21H,5-10H2,(H,19,20). The Morgan fingerprint density at radius 2 is 1.91 bits per heavy atom. The highest BCUT2D eigenvalue weighted by Crippen LogP contribution is 2.28. The van der Waals surface area contributed by atoms with Crippen molar-refractivity contribution in [3.05, 3.63) is 28.7 Å². The van der Waals surface area contributed by atoms with E-state index in [2.05, 4.69) is 15.9 Å². The predicted octanol–water partition coefficient (Wildman–Crippen LogP) is 2.37. The topological polar surface area (TPSA) is 77.8 Å². The zero-order valence-electron chi connectivity index (χ0n) is 12.0. The maximum absolute atomic E-state index is 12.1. The van der Waals surface area contributed by atoms with Crippen LogP contribution < -0.4 is 0 Å². The first-order chi connectivity index (χ1) is 10.4. The molecule has 0 bridgehead atoms. The van der Waals surface area contributed by atoms with Gasteiger partial charge in [0.2, 0.25) is 5.91 Å². The normalized spacial score (nSPS) is 17.3. The molecule has 0 aliphatic carbocycles. The average molecular weight is 388 g/mol. The van der Waals surface area contributed by atoms with Crippen LogP contribution >= 0.6 is 27.7 Å². The van der Waals surface area contributed by atoms with Crippen molar-refractivity contribution in [1.82, 2.24) is 4.90 Å². The fourth-order valence-corrected chi connectivity index (χ4v) is 3.81. The number of nitrogens with zero attached hydrogens (tertiary/aromatic N) is 1. The van der Waals surface area contributed by atoms with Crippen molar-refractivity contribution in [3.8, 4) is 0 Å². The highest BCUT2D eigenvalue weighted by molar-refractivity contribution is 9.10. The lowest BCUT2D eigenvalue weighted by atomic mass is 9.91. The zero-order chi connectivity index (χ0) is 16.2. The second-order valence-electron chi connectivity index (χ2n) is 5.25. The number of hydrogen-bond acceptors (Lipinski definition) is 4. The number of aliphatic hydroxyl groups is 1. The predicted molar refractivity (Wildman–Crippen MR) is 87.9 cm³/mol. The Bertz CT molecular complexity index is 558. The van der Waals surface area contributed by atoms with Crippen LogP contribution in [0, 0.1) is 0 Å². The molecule has 1 amide bonds. The lowest BCUT2D eigenvalue weighted by Gasteiger charge is -2.35. The molecule has 0 spiro atoms. The first-order valence-electron chi connectivity index (χ1n) is 7.03. The number of carbonyl (C=O) groups is 2. The van der Waals surface area contributed by atoms with Gasteiger partial charge in [-0.2, -0.15) is 0 Å². The Morgan fingerprint density at radius 3 is 2.50 bits per heavy atom. The molecule has 0 saturated carbocycles. The monoisotopic (exact) mass is 387 g/mol. The van der Waals surface area contributed by atoms with Crippen molar-refractivity contribution in [2.24, 2.45) is 0 Å². The smallest absolute Gasteiger partial charge is 0.335 e. The van der Waals surface area contributed by atoms with E-state index in [0.717, 1.165) is 9.37 Å². The lowest BCUT2D eigenvalue weighted by Crippen LogP contribution is -2.50. The van der Waals surface area contributed by atoms with Gasteiger partial charge in [0.25, 0.3) is 0 Å². The Labute approximate surface area is 141 Å². The van der Waals surface area contributed by atoms with E-state index in [1.165, 1.54) is 0 Å². The number of amides is 1. The average Bonchev–Trinajstić information content (AvgIpc) is 2.49. The molecular weight excluding hydrogens is 370 g/mol. The van der Waals surface area contributed by atoms with Gasteiger partial charge >= 0.3 is 5.97 Å². The molecule has 1 fully saturated rings. The minimum atomic E-state index is -1.68. The highest BCUT2D eigenvalue weighted by atomic mass is 79.9. The van der Waals surface area contributed by atoms with E-state index >= 15 is 0 Å². The van der Waals surface area contributed by atoms with Crippen LogP contribution in [0.25, 0.3) is 0 Å². The summed E-state index contributed by atoms with van der Waals surface area (Å²) >= 11 is 5.07. The van der Waals surface area contributed by atoms with E-state index in [4.69, 9.17) is 5.11 Å². The Hall–Kier alpha value is -1.05. The summed E-state index contributed by atoms with van der Waals surface area (Å²) in [6.07, 6.45) is 0.578. The number of halogens is 1. The molecule has 1 aromatic carbocycles. The molecule has 0 aromatic heterocycles. The molecule has 5 nitrogen and oxygen atoms in total. The number of likely N-dealkylation sites (tertiary alicyclic amines) is 1. The van der Waals surface area contributed by atoms with E-state index in [-0.39, 0.29) is 18.7 Å². The zero-order valence-corrected chi connectivity index (χ0v) is 14.4. The third-order valence-corrected chi connectivity index (χ3v) is 5.78. The van der Waals surface area contributed by atoms with Gasteiger partial charge in [-0.05, 0) is 28.1 Å². The molecule has 0 unspecified atom stereocenters. The minimum Gasteiger partial charge on any atom is -0.479 e. The molecular formula is C15H18BrNO4S. The fourth-order valence-electron chi connectivity index (χ4n) is 2.31. The quantitative estimate of drug-likeness (QED) is 0.758. The van der Waals surface area contributed by atoms with Gasteiger partial charge < -0.3 is 15.1 Å². The summed E-state index contributed by atoms with van der Waals surface area (Å²) < 4.78 is 1.01. The Morgan fingerprint density at radius 1 is 1.27 bits per heavy atom. The Kier molecular flexibility index (Phi) is 5.88. The number of piperidine rings is 1. The van der Waals surface area contributed by atoms with Crippen molar-refractivity contribution in [1.29, 1.82) is 0 Å². The molecule has 22 heavy (non-hydrogen) atoms. The number of carboxylic acid groups (broad SMARTS) is 1. The van der Waals surface area contributed by atoms with Gasteiger partial charge in [-0.25, -0.2) is 4.79 Å². The summed E-state index contributed by atoms with van der Waals surface area (Å²) in [6, 6.07) is 7.84. The van der Waals surface area contributed by atoms with Crippen molar-refractivity contribution in [3.63, 3.8) is 0 Å². The van der Waals surface area contributed by atoms with E-state index in [1.54, 1.807) is 16.7 Å². The van der Waals surface area contributed by atoms with Gasteiger partial charge in [-0.15, -0.1) is 11.8 Å². The van der Waals surface area contributed by atoms with Crippen LogP contribution in [0.4, 0.5) is 0 Å². The van der Waals surface area contributed by atoms with Gasteiger partial charge in [0.1, 0.15) is 0 Å². The molecule has 1 aliphatic rings.